The molecule has 0 bridgehead atoms. The largest absolute Gasteiger partial charge is 0.126 e. The second-order valence-electron chi connectivity index (χ2n) is 2.61. The van der Waals surface area contributed by atoms with Crippen molar-refractivity contribution >= 4 is 27.5 Å². The Labute approximate surface area is 80.7 Å². The van der Waals surface area contributed by atoms with E-state index in [9.17, 15) is 0 Å². The van der Waals surface area contributed by atoms with Crippen LogP contribution in [0.3, 0.4) is 0 Å². The van der Waals surface area contributed by atoms with Crippen LogP contribution in [-0.4, -0.2) is 5.88 Å². The van der Waals surface area contributed by atoms with Gasteiger partial charge in [-0.1, -0.05) is 35.0 Å². The first-order chi connectivity index (χ1) is 5.24. The quantitative estimate of drug-likeness (QED) is 0.682. The van der Waals surface area contributed by atoms with Gasteiger partial charge in [0.2, 0.25) is 0 Å². The Morgan fingerprint density at radius 2 is 1.91 bits per heavy atom. The molecule has 0 N–H and O–H groups in total. The highest BCUT2D eigenvalue weighted by molar-refractivity contribution is 9.10. The van der Waals surface area contributed by atoms with E-state index in [1.165, 1.54) is 5.56 Å². The fraction of sp³-hybridized carbons (Fsp3) is 0.333. The third kappa shape index (κ3) is 2.49. The summed E-state index contributed by atoms with van der Waals surface area (Å²) in [6, 6.07) is 8.27. The first kappa shape index (κ1) is 9.08. The van der Waals surface area contributed by atoms with E-state index in [1.54, 1.807) is 0 Å². The SMILES string of the molecule is CC(CCl)c1ccc(Br)cc1. The van der Waals surface area contributed by atoms with Crippen molar-refractivity contribution in [2.45, 2.75) is 12.8 Å². The minimum atomic E-state index is 0.449. The van der Waals surface area contributed by atoms with Crippen LogP contribution in [-0.2, 0) is 0 Å². The molecule has 1 atom stereocenters. The molecule has 60 valence electrons. The molecule has 0 aliphatic heterocycles. The first-order valence-corrected chi connectivity index (χ1v) is 4.88. The van der Waals surface area contributed by atoms with Gasteiger partial charge in [0, 0.05) is 10.4 Å². The normalized spacial score (nSPS) is 13.0. The highest BCUT2D eigenvalue weighted by atomic mass is 79.9. The lowest BCUT2D eigenvalue weighted by Gasteiger charge is -2.06. The summed E-state index contributed by atoms with van der Waals surface area (Å²) in [5.41, 5.74) is 1.29. The Hall–Kier alpha value is -0.0100. The van der Waals surface area contributed by atoms with Crippen LogP contribution in [0.25, 0.3) is 0 Å². The van der Waals surface area contributed by atoms with Crippen molar-refractivity contribution in [1.82, 2.24) is 0 Å². The third-order valence-electron chi connectivity index (χ3n) is 1.67. The van der Waals surface area contributed by atoms with Crippen molar-refractivity contribution in [2.75, 3.05) is 5.88 Å². The van der Waals surface area contributed by atoms with Gasteiger partial charge in [0.1, 0.15) is 0 Å². The zero-order valence-corrected chi connectivity index (χ0v) is 8.69. The van der Waals surface area contributed by atoms with Crippen LogP contribution >= 0.6 is 27.5 Å². The molecule has 0 fully saturated rings. The molecule has 0 nitrogen and oxygen atoms in total. The molecule has 0 amide bonds. The van der Waals surface area contributed by atoms with Crippen molar-refractivity contribution in [3.8, 4) is 0 Å². The van der Waals surface area contributed by atoms with Crippen LogP contribution in [0, 0.1) is 0 Å². The van der Waals surface area contributed by atoms with Crippen LogP contribution in [0.1, 0.15) is 18.4 Å². The topological polar surface area (TPSA) is 0 Å². The Kier molecular flexibility index (Phi) is 3.41. The van der Waals surface area contributed by atoms with Crippen LogP contribution in [0.5, 0.6) is 0 Å². The molecule has 0 saturated carbocycles. The summed E-state index contributed by atoms with van der Waals surface area (Å²) >= 11 is 9.10. The van der Waals surface area contributed by atoms with Gasteiger partial charge in [-0.3, -0.25) is 0 Å². The molecule has 0 aromatic heterocycles. The van der Waals surface area contributed by atoms with Gasteiger partial charge in [-0.15, -0.1) is 11.6 Å². The molecule has 1 aromatic carbocycles. The molecule has 0 aliphatic carbocycles. The van der Waals surface area contributed by atoms with Crippen molar-refractivity contribution in [3.63, 3.8) is 0 Å². The van der Waals surface area contributed by atoms with E-state index in [2.05, 4.69) is 35.0 Å². The Morgan fingerprint density at radius 1 is 1.36 bits per heavy atom. The Bertz CT molecular complexity index is 218. The second-order valence-corrected chi connectivity index (χ2v) is 3.83. The molecular formula is C9H10BrCl. The van der Waals surface area contributed by atoms with Gasteiger partial charge in [-0.25, -0.2) is 0 Å². The lowest BCUT2D eigenvalue weighted by Crippen LogP contribution is -1.93. The molecule has 1 aromatic rings. The molecule has 0 radical (unpaired) electrons. The van der Waals surface area contributed by atoms with Gasteiger partial charge in [0.15, 0.2) is 0 Å². The summed E-state index contributed by atoms with van der Waals surface area (Å²) < 4.78 is 1.11. The van der Waals surface area contributed by atoms with E-state index in [1.807, 2.05) is 12.1 Å². The molecule has 11 heavy (non-hydrogen) atoms. The molecule has 1 rings (SSSR count). The smallest absolute Gasteiger partial charge is 0.0289 e. The molecule has 0 saturated heterocycles. The van der Waals surface area contributed by atoms with Gasteiger partial charge in [-0.2, -0.15) is 0 Å². The third-order valence-corrected chi connectivity index (χ3v) is 2.66. The lowest BCUT2D eigenvalue weighted by molar-refractivity contribution is 0.875. The van der Waals surface area contributed by atoms with Crippen molar-refractivity contribution < 1.29 is 0 Å². The van der Waals surface area contributed by atoms with E-state index in [0.29, 0.717) is 11.8 Å². The zero-order chi connectivity index (χ0) is 8.27. The molecule has 0 heterocycles. The number of hydrogen-bond acceptors (Lipinski definition) is 0. The van der Waals surface area contributed by atoms with Gasteiger partial charge in [-0.05, 0) is 23.6 Å². The fourth-order valence-corrected chi connectivity index (χ4v) is 1.32. The van der Waals surface area contributed by atoms with Crippen LogP contribution in [0.2, 0.25) is 0 Å². The standard InChI is InChI=1S/C9H10BrCl/c1-7(6-11)8-2-4-9(10)5-3-8/h2-5,7H,6H2,1H3. The summed E-state index contributed by atoms with van der Waals surface area (Å²) in [4.78, 5) is 0. The first-order valence-electron chi connectivity index (χ1n) is 3.55. The predicted octanol–water partition coefficient (Wildman–Crippen LogP) is 3.79. The molecule has 0 spiro atoms. The zero-order valence-electron chi connectivity index (χ0n) is 6.35. The number of rotatable bonds is 2. The van der Waals surface area contributed by atoms with Gasteiger partial charge < -0.3 is 0 Å². The highest BCUT2D eigenvalue weighted by Crippen LogP contribution is 2.18. The maximum absolute atomic E-state index is 5.71. The summed E-state index contributed by atoms with van der Waals surface area (Å²) in [6.07, 6.45) is 0. The monoisotopic (exact) mass is 232 g/mol. The number of hydrogen-bond donors (Lipinski definition) is 0. The Morgan fingerprint density at radius 3 is 2.36 bits per heavy atom. The molecule has 0 aliphatic rings. The van der Waals surface area contributed by atoms with E-state index in [0.717, 1.165) is 4.47 Å². The summed E-state index contributed by atoms with van der Waals surface area (Å²) in [7, 11) is 0. The van der Waals surface area contributed by atoms with Crippen LogP contribution in [0.4, 0.5) is 0 Å². The molecule has 1 unspecified atom stereocenters. The summed E-state index contributed by atoms with van der Waals surface area (Å²) in [5, 5.41) is 0. The van der Waals surface area contributed by atoms with E-state index >= 15 is 0 Å². The molecule has 2 heteroatoms. The maximum atomic E-state index is 5.71. The van der Waals surface area contributed by atoms with Gasteiger partial charge >= 0.3 is 0 Å². The van der Waals surface area contributed by atoms with Crippen molar-refractivity contribution in [2.24, 2.45) is 0 Å². The number of halogens is 2. The maximum Gasteiger partial charge on any atom is 0.0289 e. The van der Waals surface area contributed by atoms with E-state index < -0.39 is 0 Å². The lowest BCUT2D eigenvalue weighted by atomic mass is 10.0. The minimum Gasteiger partial charge on any atom is -0.126 e. The molecular weight excluding hydrogens is 223 g/mol. The fourth-order valence-electron chi connectivity index (χ4n) is 0.880. The van der Waals surface area contributed by atoms with Gasteiger partial charge in [0.05, 0.1) is 0 Å². The van der Waals surface area contributed by atoms with Gasteiger partial charge in [0.25, 0.3) is 0 Å². The van der Waals surface area contributed by atoms with E-state index in [-0.39, 0.29) is 0 Å². The summed E-state index contributed by atoms with van der Waals surface area (Å²) in [6.45, 7) is 2.12. The summed E-state index contributed by atoms with van der Waals surface area (Å²) in [5.74, 6) is 1.13. The average molecular weight is 234 g/mol. The second kappa shape index (κ2) is 4.13. The predicted molar refractivity (Wildman–Crippen MR) is 53.3 cm³/mol. The highest BCUT2D eigenvalue weighted by Gasteiger charge is 2.01. The number of alkyl halides is 1. The van der Waals surface area contributed by atoms with E-state index in [4.69, 9.17) is 11.6 Å². The average Bonchev–Trinajstić information content (AvgIpc) is 2.05. The van der Waals surface area contributed by atoms with Crippen molar-refractivity contribution in [1.29, 1.82) is 0 Å². The van der Waals surface area contributed by atoms with Crippen molar-refractivity contribution in [3.05, 3.63) is 34.3 Å². The minimum absolute atomic E-state index is 0.449. The Balaban J connectivity index is 2.81. The van der Waals surface area contributed by atoms with Crippen LogP contribution < -0.4 is 0 Å². The number of benzene rings is 1. The van der Waals surface area contributed by atoms with Crippen LogP contribution in [0.15, 0.2) is 28.7 Å².